The second kappa shape index (κ2) is 19.0. The number of rotatable bonds is 19. The van der Waals surface area contributed by atoms with E-state index in [4.69, 9.17) is 2.69 Å². The van der Waals surface area contributed by atoms with Crippen molar-refractivity contribution in [3.05, 3.63) is 103 Å². The molecule has 0 unspecified atom stereocenters. The molecular weight excluding hydrogens is 672 g/mol. The Labute approximate surface area is 243 Å². The molecule has 0 aromatic heterocycles. The van der Waals surface area contributed by atoms with Crippen molar-refractivity contribution in [3.8, 4) is 0 Å². The molecule has 3 aromatic carbocycles. The molecule has 3 rings (SSSR count). The number of hydrogen-bond acceptors (Lipinski definition) is 2. The van der Waals surface area contributed by atoms with Gasteiger partial charge in [-0.25, -0.2) is 0 Å². The van der Waals surface area contributed by atoms with Gasteiger partial charge >= 0.3 is 199 Å². The van der Waals surface area contributed by atoms with E-state index in [2.05, 4.69) is 91.9 Å². The second-order valence-corrected chi connectivity index (χ2v) is 23.4. The number of hydrogen-bond donors (Lipinski definition) is 0. The molecule has 0 heterocycles. The van der Waals surface area contributed by atoms with E-state index in [0.29, 0.717) is 6.42 Å². The van der Waals surface area contributed by atoms with Gasteiger partial charge < -0.3 is 0 Å². The average molecular weight is 720 g/mol. The Morgan fingerprint density at radius 1 is 0.564 bits per heavy atom. The molecule has 0 radical (unpaired) electrons. The molecule has 0 aliphatic heterocycles. The summed E-state index contributed by atoms with van der Waals surface area (Å²) in [4.78, 5) is 13.3. The van der Waals surface area contributed by atoms with E-state index in [-0.39, 0.29) is 5.97 Å². The van der Waals surface area contributed by atoms with Gasteiger partial charge in [-0.05, 0) is 6.42 Å². The topological polar surface area (TPSA) is 26.3 Å². The van der Waals surface area contributed by atoms with E-state index in [1.807, 2.05) is 18.2 Å². The van der Waals surface area contributed by atoms with Crippen LogP contribution in [-0.4, -0.2) is 27.6 Å². The summed E-state index contributed by atoms with van der Waals surface area (Å²) in [7, 11) is 0. The van der Waals surface area contributed by atoms with Crippen LogP contribution in [0.3, 0.4) is 0 Å². The number of benzene rings is 3. The Morgan fingerprint density at radius 3 is 1.38 bits per heavy atom. The van der Waals surface area contributed by atoms with E-state index in [1.54, 1.807) is 0 Å². The van der Waals surface area contributed by atoms with Crippen LogP contribution in [0.2, 0.25) is 0 Å². The zero-order valence-corrected chi connectivity index (χ0v) is 27.9. The third kappa shape index (κ3) is 10.7. The summed E-state index contributed by atoms with van der Waals surface area (Å²) >= 11 is -4.14. The number of carbonyl (C=O) groups excluding carboxylic acids is 1. The zero-order valence-electron chi connectivity index (χ0n) is 24.0. The third-order valence-electron chi connectivity index (χ3n) is 7.45. The third-order valence-corrected chi connectivity index (χ3v) is 22.9. The van der Waals surface area contributed by atoms with Crippen molar-refractivity contribution in [3.63, 3.8) is 0 Å². The maximum absolute atomic E-state index is 13.3. The van der Waals surface area contributed by atoms with Crippen molar-refractivity contribution in [1.29, 1.82) is 0 Å². The van der Waals surface area contributed by atoms with Crippen molar-refractivity contribution >= 4 is 37.0 Å². The van der Waals surface area contributed by atoms with Gasteiger partial charge in [-0.15, -0.1) is 0 Å². The predicted molar refractivity (Wildman–Crippen MR) is 170 cm³/mol. The SMILES string of the molecule is CCCCCCCC/C=C\CCCCCCCC(=O)[O][Pb]([c]1ccccc1)([c]1ccccc1)[c]1ccccc1. The molecule has 0 N–H and O–H groups in total. The van der Waals surface area contributed by atoms with Gasteiger partial charge in [-0.2, -0.15) is 0 Å². The summed E-state index contributed by atoms with van der Waals surface area (Å²) in [6, 6.07) is 31.4. The summed E-state index contributed by atoms with van der Waals surface area (Å²) in [5, 5.41) is 0. The first-order valence-electron chi connectivity index (χ1n) is 15.3. The van der Waals surface area contributed by atoms with Gasteiger partial charge in [-0.3, -0.25) is 0 Å². The molecule has 0 spiro atoms. The maximum atomic E-state index is 13.3. The van der Waals surface area contributed by atoms with E-state index < -0.39 is 21.6 Å². The minimum absolute atomic E-state index is 0.0501. The second-order valence-electron chi connectivity index (χ2n) is 10.6. The number of unbranched alkanes of at least 4 members (excludes halogenated alkanes) is 11. The first-order valence-corrected chi connectivity index (χ1v) is 22.7. The monoisotopic (exact) mass is 720 g/mol. The van der Waals surface area contributed by atoms with Gasteiger partial charge in [0.1, 0.15) is 0 Å². The van der Waals surface area contributed by atoms with Gasteiger partial charge in [0, 0.05) is 0 Å². The Kier molecular flexibility index (Phi) is 15.2. The Bertz CT molecular complexity index is 966. The molecule has 0 atom stereocenters. The summed E-state index contributed by atoms with van der Waals surface area (Å²) in [5.74, 6) is -0.0501. The van der Waals surface area contributed by atoms with Crippen LogP contribution >= 0.6 is 0 Å². The van der Waals surface area contributed by atoms with Crippen molar-refractivity contribution in [2.75, 3.05) is 0 Å². The quantitative estimate of drug-likeness (QED) is 0.0710. The van der Waals surface area contributed by atoms with E-state index in [0.717, 1.165) is 12.8 Å². The molecule has 0 amide bonds. The summed E-state index contributed by atoms with van der Waals surface area (Å²) in [6.07, 6.45) is 21.5. The minimum atomic E-state index is -4.14. The zero-order chi connectivity index (χ0) is 27.4. The molecule has 39 heavy (non-hydrogen) atoms. The van der Waals surface area contributed by atoms with E-state index in [1.165, 1.54) is 80.0 Å². The normalized spacial score (nSPS) is 11.6. The number of allylic oxidation sites excluding steroid dienone is 2. The summed E-state index contributed by atoms with van der Waals surface area (Å²) in [5.41, 5.74) is 0. The number of carbonyl (C=O) groups is 1. The molecule has 0 bridgehead atoms. The fourth-order valence-electron chi connectivity index (χ4n) is 5.26. The van der Waals surface area contributed by atoms with Crippen LogP contribution in [-0.2, 0) is 7.48 Å². The summed E-state index contributed by atoms with van der Waals surface area (Å²) in [6.45, 7) is 2.27. The first kappa shape index (κ1) is 31.3. The fraction of sp³-hybridized carbons (Fsp3) is 0.417. The molecule has 0 aliphatic carbocycles. The van der Waals surface area contributed by atoms with Crippen LogP contribution in [0.15, 0.2) is 103 Å². The molecular formula is C36H48O2Pb. The molecule has 0 aliphatic rings. The van der Waals surface area contributed by atoms with Crippen molar-refractivity contribution < 1.29 is 7.48 Å². The van der Waals surface area contributed by atoms with E-state index in [9.17, 15) is 4.79 Å². The Morgan fingerprint density at radius 2 is 0.949 bits per heavy atom. The molecule has 2 nitrogen and oxygen atoms in total. The average Bonchev–Trinajstić information content (AvgIpc) is 2.99. The van der Waals surface area contributed by atoms with Gasteiger partial charge in [0.2, 0.25) is 0 Å². The van der Waals surface area contributed by atoms with Crippen LogP contribution in [0.25, 0.3) is 0 Å². The molecule has 3 heteroatoms. The molecule has 0 saturated heterocycles. The van der Waals surface area contributed by atoms with Crippen LogP contribution < -0.4 is 9.37 Å². The molecule has 3 aromatic rings. The fourth-order valence-corrected chi connectivity index (χ4v) is 20.0. The summed E-state index contributed by atoms with van der Waals surface area (Å²) < 4.78 is 10.2. The molecule has 208 valence electrons. The molecule has 0 fully saturated rings. The van der Waals surface area contributed by atoms with Crippen molar-refractivity contribution in [1.82, 2.24) is 0 Å². The van der Waals surface area contributed by atoms with Gasteiger partial charge in [0.25, 0.3) is 0 Å². The predicted octanol–water partition coefficient (Wildman–Crippen LogP) is 8.23. The van der Waals surface area contributed by atoms with Gasteiger partial charge in [-0.1, -0.05) is 39.0 Å². The van der Waals surface area contributed by atoms with Crippen molar-refractivity contribution in [2.45, 2.75) is 96.8 Å². The van der Waals surface area contributed by atoms with Gasteiger partial charge in [0.05, 0.1) is 0 Å². The van der Waals surface area contributed by atoms with E-state index >= 15 is 0 Å². The van der Waals surface area contributed by atoms with Crippen LogP contribution in [0.1, 0.15) is 96.8 Å². The van der Waals surface area contributed by atoms with Gasteiger partial charge in [0.15, 0.2) is 0 Å². The first-order chi connectivity index (χ1) is 19.3. The Hall–Kier alpha value is -2.21. The van der Waals surface area contributed by atoms with Crippen molar-refractivity contribution in [2.24, 2.45) is 0 Å². The van der Waals surface area contributed by atoms with Crippen LogP contribution in [0, 0.1) is 0 Å². The van der Waals surface area contributed by atoms with Crippen LogP contribution in [0.4, 0.5) is 0 Å². The van der Waals surface area contributed by atoms with Crippen LogP contribution in [0.5, 0.6) is 0 Å². The Balaban J connectivity index is 1.46. The standard InChI is InChI=1S/C18H34O2.3C6H5.Pb/c1-2-3-4-5-6-7-8-9-10-11-12-13-14-15-16-17-18(19)20;3*1-2-4-6-5-3-1;/h9-10H,2-8,11-17H2,1H3,(H,19,20);3*1-5H;/q;;;;+1/p-1/b10-9-;;;;. The molecule has 0 saturated carbocycles.